The molecule has 1 aromatic carbocycles. The Morgan fingerprint density at radius 3 is 2.58 bits per heavy atom. The lowest BCUT2D eigenvalue weighted by Crippen LogP contribution is -2.17. The van der Waals surface area contributed by atoms with Crippen LogP contribution in [0.25, 0.3) is 0 Å². The third-order valence-corrected chi connectivity index (χ3v) is 5.57. The van der Waals surface area contributed by atoms with Gasteiger partial charge in [0.2, 0.25) is 0 Å². The zero-order valence-electron chi connectivity index (χ0n) is 16.4. The molecule has 10 nitrogen and oxygen atoms in total. The highest BCUT2D eigenvalue weighted by Crippen LogP contribution is 2.31. The fraction of sp³-hybridized carbons (Fsp3) is 0.105. The fourth-order valence-electron chi connectivity index (χ4n) is 2.40. The van der Waals surface area contributed by atoms with Gasteiger partial charge in [-0.1, -0.05) is 11.8 Å². The molecule has 31 heavy (non-hydrogen) atoms. The highest BCUT2D eigenvalue weighted by Gasteiger charge is 2.19. The third kappa shape index (κ3) is 5.35. The van der Waals surface area contributed by atoms with Crippen molar-refractivity contribution in [2.45, 2.75) is 27.0 Å². The van der Waals surface area contributed by atoms with Gasteiger partial charge in [-0.05, 0) is 43.0 Å². The molecule has 0 saturated heterocycles. The number of ether oxygens (including phenoxy) is 1. The number of amides is 1. The number of rotatable bonds is 7. The molecule has 4 aromatic rings. The van der Waals surface area contributed by atoms with Crippen LogP contribution in [0.1, 0.15) is 16.3 Å². The van der Waals surface area contributed by atoms with Crippen molar-refractivity contribution in [2.24, 2.45) is 0 Å². The maximum atomic E-state index is 13.0. The van der Waals surface area contributed by atoms with E-state index in [1.54, 1.807) is 20.2 Å². The number of aromatic nitrogens is 7. The largest absolute Gasteiger partial charge is 0.497 e. The first-order valence-corrected chi connectivity index (χ1v) is 10.6. The van der Waals surface area contributed by atoms with E-state index in [4.69, 9.17) is 4.74 Å². The molecular weight excluding hydrogens is 436 g/mol. The third-order valence-electron chi connectivity index (χ3n) is 3.79. The number of benzene rings is 1. The lowest BCUT2D eigenvalue weighted by Gasteiger charge is -2.09. The topological polar surface area (TPSA) is 131 Å². The maximum Gasteiger partial charge on any atom is 0.278 e. The normalized spacial score (nSPS) is 10.6. The van der Waals surface area contributed by atoms with Crippen molar-refractivity contribution in [3.8, 4) is 5.75 Å². The van der Waals surface area contributed by atoms with Gasteiger partial charge in [0.15, 0.2) is 16.7 Å². The van der Waals surface area contributed by atoms with Crippen molar-refractivity contribution in [3.05, 3.63) is 60.6 Å². The molecule has 0 aliphatic heterocycles. The van der Waals surface area contributed by atoms with Crippen LogP contribution in [0.2, 0.25) is 0 Å². The summed E-state index contributed by atoms with van der Waals surface area (Å²) in [5.41, 5.74) is 0.160. The molecule has 0 bridgehead atoms. The number of anilines is 1. The minimum absolute atomic E-state index is 0.160. The second-order valence-electron chi connectivity index (χ2n) is 6.00. The number of hydrogen-bond acceptors (Lipinski definition) is 10. The Labute approximate surface area is 185 Å². The van der Waals surface area contributed by atoms with Crippen molar-refractivity contribution >= 4 is 35.2 Å². The number of carbonyl (C=O) groups is 1. The predicted octanol–water partition coefficient (Wildman–Crippen LogP) is 3.26. The predicted molar refractivity (Wildman–Crippen MR) is 114 cm³/mol. The number of methoxy groups -OCH3 is 1. The average molecular weight is 453 g/mol. The van der Waals surface area contributed by atoms with Gasteiger partial charge in [0.1, 0.15) is 21.6 Å². The van der Waals surface area contributed by atoms with Gasteiger partial charge in [-0.3, -0.25) is 9.78 Å². The number of hydrogen-bond donors (Lipinski definition) is 2. The molecule has 0 spiro atoms. The number of nitrogens with one attached hydrogen (secondary N) is 2. The van der Waals surface area contributed by atoms with Crippen LogP contribution in [0.3, 0.4) is 0 Å². The highest BCUT2D eigenvalue weighted by molar-refractivity contribution is 7.99. The summed E-state index contributed by atoms with van der Waals surface area (Å²) in [4.78, 5) is 33.9. The first kappa shape index (κ1) is 20.8. The molecule has 3 heterocycles. The van der Waals surface area contributed by atoms with Crippen molar-refractivity contribution < 1.29 is 9.53 Å². The zero-order chi connectivity index (χ0) is 21.6. The number of nitrogens with zero attached hydrogens (tertiary/aromatic N) is 6. The van der Waals surface area contributed by atoms with Gasteiger partial charge in [0.05, 0.1) is 19.5 Å². The molecule has 1 amide bonds. The van der Waals surface area contributed by atoms with Crippen molar-refractivity contribution in [1.29, 1.82) is 0 Å². The monoisotopic (exact) mass is 452 g/mol. The lowest BCUT2D eigenvalue weighted by atomic mass is 10.3. The van der Waals surface area contributed by atoms with Crippen molar-refractivity contribution in [3.63, 3.8) is 0 Å². The maximum absolute atomic E-state index is 13.0. The van der Waals surface area contributed by atoms with E-state index >= 15 is 0 Å². The van der Waals surface area contributed by atoms with E-state index in [-0.39, 0.29) is 5.69 Å². The summed E-state index contributed by atoms with van der Waals surface area (Å²) in [6.07, 6.45) is 6.06. The van der Waals surface area contributed by atoms with Crippen LogP contribution < -0.4 is 10.1 Å². The van der Waals surface area contributed by atoms with Gasteiger partial charge in [0, 0.05) is 17.3 Å². The SMILES string of the molecule is COc1ccc(Sc2ncc(Sc3nnc(C)[nH]3)nc2C(=O)Nc2cnccn2)cc1. The molecule has 156 valence electrons. The second-order valence-corrected chi connectivity index (χ2v) is 8.07. The van der Waals surface area contributed by atoms with Gasteiger partial charge < -0.3 is 15.0 Å². The molecule has 0 saturated carbocycles. The standard InChI is InChI=1S/C19H16N8O2S2/c1-11-23-19(27-26-11)31-15-10-22-18(30-13-5-3-12(29-2)4-6-13)16(25-15)17(28)24-14-9-20-7-8-21-14/h3-10H,1-2H3,(H,21,24,28)(H,23,26,27). The molecule has 0 radical (unpaired) electrons. The van der Waals surface area contributed by atoms with Crippen LogP contribution in [0.15, 0.2) is 69.2 Å². The van der Waals surface area contributed by atoms with Crippen LogP contribution in [0.4, 0.5) is 5.82 Å². The Bertz CT molecular complexity index is 1190. The van der Waals surface area contributed by atoms with E-state index in [0.29, 0.717) is 26.9 Å². The molecule has 2 N–H and O–H groups in total. The Hall–Kier alpha value is -3.51. The van der Waals surface area contributed by atoms with Gasteiger partial charge in [-0.15, -0.1) is 10.2 Å². The number of H-pyrrole nitrogens is 1. The summed E-state index contributed by atoms with van der Waals surface area (Å²) in [6.45, 7) is 1.80. The Morgan fingerprint density at radius 1 is 1.06 bits per heavy atom. The van der Waals surface area contributed by atoms with E-state index in [2.05, 4.69) is 40.4 Å². The summed E-state index contributed by atoms with van der Waals surface area (Å²) in [7, 11) is 1.61. The van der Waals surface area contributed by atoms with E-state index in [0.717, 1.165) is 10.6 Å². The smallest absolute Gasteiger partial charge is 0.278 e. The molecule has 12 heteroatoms. The van der Waals surface area contributed by atoms with Crippen LogP contribution in [0, 0.1) is 6.92 Å². The summed E-state index contributed by atoms with van der Waals surface area (Å²) in [6, 6.07) is 7.45. The molecule has 0 atom stereocenters. The minimum atomic E-state index is -0.444. The summed E-state index contributed by atoms with van der Waals surface area (Å²) < 4.78 is 5.19. The van der Waals surface area contributed by atoms with Crippen LogP contribution in [-0.2, 0) is 0 Å². The Balaban J connectivity index is 1.63. The first-order chi connectivity index (χ1) is 15.1. The minimum Gasteiger partial charge on any atom is -0.497 e. The lowest BCUT2D eigenvalue weighted by molar-refractivity contribution is 0.101. The van der Waals surface area contributed by atoms with E-state index < -0.39 is 5.91 Å². The van der Waals surface area contributed by atoms with E-state index in [1.165, 1.54) is 42.1 Å². The summed E-state index contributed by atoms with van der Waals surface area (Å²) >= 11 is 2.55. The molecule has 0 aliphatic rings. The molecule has 0 fully saturated rings. The second kappa shape index (κ2) is 9.53. The van der Waals surface area contributed by atoms with Crippen molar-refractivity contribution in [1.82, 2.24) is 35.1 Å². The molecule has 4 rings (SSSR count). The first-order valence-electron chi connectivity index (χ1n) is 8.94. The molecule has 3 aromatic heterocycles. The van der Waals surface area contributed by atoms with Gasteiger partial charge in [-0.25, -0.2) is 15.0 Å². The Morgan fingerprint density at radius 2 is 1.90 bits per heavy atom. The van der Waals surface area contributed by atoms with Gasteiger partial charge >= 0.3 is 0 Å². The molecular formula is C19H16N8O2S2. The van der Waals surface area contributed by atoms with E-state index in [1.807, 2.05) is 24.3 Å². The van der Waals surface area contributed by atoms with E-state index in [9.17, 15) is 4.79 Å². The van der Waals surface area contributed by atoms with Crippen LogP contribution >= 0.6 is 23.5 Å². The number of aryl methyl sites for hydroxylation is 1. The van der Waals surface area contributed by atoms with Gasteiger partial charge in [0.25, 0.3) is 5.91 Å². The van der Waals surface area contributed by atoms with Crippen molar-refractivity contribution in [2.75, 3.05) is 12.4 Å². The van der Waals surface area contributed by atoms with Gasteiger partial charge in [-0.2, -0.15) is 0 Å². The average Bonchev–Trinajstić information content (AvgIpc) is 3.20. The molecule has 0 unspecified atom stereocenters. The number of carbonyl (C=O) groups excluding carboxylic acids is 1. The highest BCUT2D eigenvalue weighted by atomic mass is 32.2. The quantitative estimate of drug-likeness (QED) is 0.430. The number of aromatic amines is 1. The van der Waals surface area contributed by atoms with Crippen LogP contribution in [0.5, 0.6) is 5.75 Å². The fourth-order valence-corrected chi connectivity index (χ4v) is 3.96. The Kier molecular flexibility index (Phi) is 6.38. The summed E-state index contributed by atoms with van der Waals surface area (Å²) in [5.74, 6) is 1.30. The summed E-state index contributed by atoms with van der Waals surface area (Å²) in [5, 5.41) is 12.2. The molecule has 0 aliphatic carbocycles. The zero-order valence-corrected chi connectivity index (χ0v) is 18.1. The van der Waals surface area contributed by atoms with Crippen LogP contribution in [-0.4, -0.2) is 48.1 Å².